The van der Waals surface area contributed by atoms with Crippen LogP contribution < -0.4 is 0 Å². The highest BCUT2D eigenvalue weighted by Crippen LogP contribution is 2.19. The van der Waals surface area contributed by atoms with E-state index in [1.807, 2.05) is 14.1 Å². The predicted octanol–water partition coefficient (Wildman–Crippen LogP) is 1.42. The maximum atomic E-state index is 13.2. The molecule has 0 aliphatic rings. The lowest BCUT2D eigenvalue weighted by Crippen LogP contribution is -2.23. The number of hydrogen-bond acceptors (Lipinski definition) is 2. The molecule has 0 heterocycles. The molecule has 0 radical (unpaired) electrons. The Morgan fingerprint density at radius 3 is 2.46 bits per heavy atom. The van der Waals surface area contributed by atoms with Crippen molar-refractivity contribution in [2.24, 2.45) is 0 Å². The van der Waals surface area contributed by atoms with Crippen LogP contribution in [0.5, 0.6) is 0 Å². The second kappa shape index (κ2) is 4.35. The zero-order valence-corrected chi connectivity index (χ0v) is 7.87. The van der Waals surface area contributed by atoms with Crippen LogP contribution in [0.15, 0.2) is 24.3 Å². The number of aliphatic hydroxyl groups is 1. The summed E-state index contributed by atoms with van der Waals surface area (Å²) < 4.78 is 13.2. The molecule has 0 aliphatic carbocycles. The van der Waals surface area contributed by atoms with Crippen LogP contribution in [0.1, 0.15) is 11.6 Å². The van der Waals surface area contributed by atoms with Crippen LogP contribution in [0.4, 0.5) is 4.39 Å². The average molecular weight is 183 g/mol. The highest BCUT2D eigenvalue weighted by Gasteiger charge is 2.15. The van der Waals surface area contributed by atoms with Gasteiger partial charge in [-0.2, -0.15) is 0 Å². The third-order valence-corrected chi connectivity index (χ3v) is 2.06. The molecule has 1 rings (SSSR count). The van der Waals surface area contributed by atoms with Gasteiger partial charge in [-0.3, -0.25) is 0 Å². The van der Waals surface area contributed by atoms with E-state index in [2.05, 4.69) is 0 Å². The fraction of sp³-hybridized carbons (Fsp3) is 0.400. The van der Waals surface area contributed by atoms with Crippen molar-refractivity contribution in [1.82, 2.24) is 4.90 Å². The zero-order chi connectivity index (χ0) is 9.84. The van der Waals surface area contributed by atoms with Gasteiger partial charge in [-0.05, 0) is 20.2 Å². The molecule has 0 bridgehead atoms. The van der Waals surface area contributed by atoms with E-state index in [4.69, 9.17) is 5.11 Å². The molecule has 1 aromatic rings. The van der Waals surface area contributed by atoms with Crippen molar-refractivity contribution in [2.45, 2.75) is 6.04 Å². The van der Waals surface area contributed by atoms with Crippen molar-refractivity contribution in [3.63, 3.8) is 0 Å². The highest BCUT2D eigenvalue weighted by atomic mass is 19.1. The van der Waals surface area contributed by atoms with E-state index in [1.54, 1.807) is 23.1 Å². The average Bonchev–Trinajstić information content (AvgIpc) is 2.09. The number of aliphatic hydroxyl groups excluding tert-OH is 1. The molecule has 1 aromatic carbocycles. The van der Waals surface area contributed by atoms with Gasteiger partial charge in [-0.1, -0.05) is 18.2 Å². The monoisotopic (exact) mass is 183 g/mol. The number of rotatable bonds is 3. The van der Waals surface area contributed by atoms with Gasteiger partial charge >= 0.3 is 0 Å². The maximum absolute atomic E-state index is 13.2. The van der Waals surface area contributed by atoms with Crippen LogP contribution in [0.2, 0.25) is 0 Å². The lowest BCUT2D eigenvalue weighted by molar-refractivity contribution is 0.167. The fourth-order valence-corrected chi connectivity index (χ4v) is 1.29. The van der Waals surface area contributed by atoms with Gasteiger partial charge in [-0.15, -0.1) is 0 Å². The van der Waals surface area contributed by atoms with Crippen molar-refractivity contribution in [1.29, 1.82) is 0 Å². The summed E-state index contributed by atoms with van der Waals surface area (Å²) >= 11 is 0. The minimum atomic E-state index is -0.268. The van der Waals surface area contributed by atoms with Crippen molar-refractivity contribution in [2.75, 3.05) is 20.7 Å². The second-order valence-electron chi connectivity index (χ2n) is 3.18. The highest BCUT2D eigenvalue weighted by molar-refractivity contribution is 5.21. The summed E-state index contributed by atoms with van der Waals surface area (Å²) in [5.74, 6) is -0.268. The molecule has 0 spiro atoms. The Morgan fingerprint density at radius 2 is 2.00 bits per heavy atom. The molecule has 1 N–H and O–H groups in total. The predicted molar refractivity (Wildman–Crippen MR) is 49.9 cm³/mol. The Hall–Kier alpha value is -0.930. The number of likely N-dealkylation sites (N-methyl/N-ethyl adjacent to an activating group) is 1. The summed E-state index contributed by atoms with van der Waals surface area (Å²) in [5.41, 5.74) is 0.537. The molecular formula is C10H14FNO. The SMILES string of the molecule is CN(C)[C@H](CO)c1ccccc1F. The third-order valence-electron chi connectivity index (χ3n) is 2.06. The number of benzene rings is 1. The normalized spacial score (nSPS) is 13.3. The molecule has 0 amide bonds. The lowest BCUT2D eigenvalue weighted by atomic mass is 10.1. The topological polar surface area (TPSA) is 23.5 Å². The summed E-state index contributed by atoms with van der Waals surface area (Å²) in [5, 5.41) is 9.07. The molecule has 1 atom stereocenters. The van der Waals surface area contributed by atoms with Crippen LogP contribution in [-0.2, 0) is 0 Å². The summed E-state index contributed by atoms with van der Waals surface area (Å²) in [6.07, 6.45) is 0. The first-order valence-corrected chi connectivity index (χ1v) is 4.18. The lowest BCUT2D eigenvalue weighted by Gasteiger charge is -2.22. The van der Waals surface area contributed by atoms with Crippen LogP contribution in [-0.4, -0.2) is 30.7 Å². The molecule has 0 saturated carbocycles. The molecule has 0 fully saturated rings. The first kappa shape index (κ1) is 10.2. The van der Waals surface area contributed by atoms with E-state index in [0.29, 0.717) is 5.56 Å². The third kappa shape index (κ3) is 2.26. The van der Waals surface area contributed by atoms with Gasteiger partial charge in [0.2, 0.25) is 0 Å². The molecule has 0 aliphatic heterocycles. The standard InChI is InChI=1S/C10H14FNO/c1-12(2)10(7-13)8-5-3-4-6-9(8)11/h3-6,10,13H,7H2,1-2H3/t10-/m1/s1. The quantitative estimate of drug-likeness (QED) is 0.766. The maximum Gasteiger partial charge on any atom is 0.128 e. The van der Waals surface area contributed by atoms with Gasteiger partial charge < -0.3 is 10.0 Å². The zero-order valence-electron chi connectivity index (χ0n) is 7.87. The van der Waals surface area contributed by atoms with Gasteiger partial charge in [0.1, 0.15) is 5.82 Å². The van der Waals surface area contributed by atoms with E-state index in [9.17, 15) is 4.39 Å². The van der Waals surface area contributed by atoms with Gasteiger partial charge in [0.25, 0.3) is 0 Å². The molecule has 72 valence electrons. The Kier molecular flexibility index (Phi) is 3.39. The second-order valence-corrected chi connectivity index (χ2v) is 3.18. The van der Waals surface area contributed by atoms with Gasteiger partial charge in [0, 0.05) is 5.56 Å². The van der Waals surface area contributed by atoms with Gasteiger partial charge in [-0.25, -0.2) is 4.39 Å². The largest absolute Gasteiger partial charge is 0.394 e. The molecule has 0 aromatic heterocycles. The summed E-state index contributed by atoms with van der Waals surface area (Å²) in [6, 6.07) is 6.24. The summed E-state index contributed by atoms with van der Waals surface area (Å²) in [7, 11) is 3.63. The molecule has 3 heteroatoms. The van der Waals surface area contributed by atoms with E-state index in [1.165, 1.54) is 6.07 Å². The number of nitrogens with zero attached hydrogens (tertiary/aromatic N) is 1. The molecule has 0 saturated heterocycles. The van der Waals surface area contributed by atoms with Crippen molar-refractivity contribution < 1.29 is 9.50 Å². The van der Waals surface area contributed by atoms with Gasteiger partial charge in [0.05, 0.1) is 12.6 Å². The van der Waals surface area contributed by atoms with E-state index < -0.39 is 0 Å². The molecule has 0 unspecified atom stereocenters. The first-order chi connectivity index (χ1) is 6.16. The van der Waals surface area contributed by atoms with Crippen LogP contribution in [0, 0.1) is 5.82 Å². The van der Waals surface area contributed by atoms with Gasteiger partial charge in [0.15, 0.2) is 0 Å². The Morgan fingerprint density at radius 1 is 1.38 bits per heavy atom. The van der Waals surface area contributed by atoms with Crippen molar-refractivity contribution in [3.8, 4) is 0 Å². The Balaban J connectivity index is 2.97. The summed E-state index contributed by atoms with van der Waals surface area (Å²) in [4.78, 5) is 1.79. The minimum Gasteiger partial charge on any atom is -0.394 e. The summed E-state index contributed by atoms with van der Waals surface area (Å²) in [6.45, 7) is -0.0755. The van der Waals surface area contributed by atoms with Crippen LogP contribution in [0.25, 0.3) is 0 Å². The van der Waals surface area contributed by atoms with Crippen molar-refractivity contribution in [3.05, 3.63) is 35.6 Å². The smallest absolute Gasteiger partial charge is 0.128 e. The Labute approximate surface area is 77.6 Å². The Bertz CT molecular complexity index is 275. The number of hydrogen-bond donors (Lipinski definition) is 1. The molecule has 13 heavy (non-hydrogen) atoms. The van der Waals surface area contributed by atoms with Crippen LogP contribution >= 0.6 is 0 Å². The van der Waals surface area contributed by atoms with Crippen molar-refractivity contribution >= 4 is 0 Å². The van der Waals surface area contributed by atoms with E-state index >= 15 is 0 Å². The molecular weight excluding hydrogens is 169 g/mol. The minimum absolute atomic E-state index is 0.0755. The van der Waals surface area contributed by atoms with Crippen LogP contribution in [0.3, 0.4) is 0 Å². The number of halogens is 1. The first-order valence-electron chi connectivity index (χ1n) is 4.18. The molecule has 2 nitrogen and oxygen atoms in total. The fourth-order valence-electron chi connectivity index (χ4n) is 1.29. The van der Waals surface area contributed by atoms with E-state index in [-0.39, 0.29) is 18.5 Å². The van der Waals surface area contributed by atoms with E-state index in [0.717, 1.165) is 0 Å².